The highest BCUT2D eigenvalue weighted by Gasteiger charge is 2.22. The van der Waals surface area contributed by atoms with Crippen LogP contribution in [0.4, 0.5) is 11.4 Å². The second kappa shape index (κ2) is 8.13. The molecule has 0 saturated carbocycles. The van der Waals surface area contributed by atoms with E-state index < -0.39 is 0 Å². The average Bonchev–Trinajstić information content (AvgIpc) is 2.88. The van der Waals surface area contributed by atoms with E-state index in [1.165, 1.54) is 5.39 Å². The molecule has 0 spiro atoms. The summed E-state index contributed by atoms with van der Waals surface area (Å²) in [6.07, 6.45) is 1.95. The fraction of sp³-hybridized carbons (Fsp3) is 0.0323. The van der Waals surface area contributed by atoms with Crippen molar-refractivity contribution in [1.82, 2.24) is 0 Å². The minimum Gasteiger partial charge on any atom is -0.398 e. The first-order valence-electron chi connectivity index (χ1n) is 11.4. The Morgan fingerprint density at radius 1 is 0.588 bits per heavy atom. The van der Waals surface area contributed by atoms with Gasteiger partial charge in [-0.1, -0.05) is 97.1 Å². The molecule has 0 amide bonds. The van der Waals surface area contributed by atoms with Crippen LogP contribution in [0.3, 0.4) is 0 Å². The first-order chi connectivity index (χ1) is 16.7. The molecule has 3 heteroatoms. The average molecular weight is 438 g/mol. The lowest BCUT2D eigenvalue weighted by Gasteiger charge is -2.19. The summed E-state index contributed by atoms with van der Waals surface area (Å²) in [5, 5.41) is 4.54. The van der Waals surface area contributed by atoms with Crippen molar-refractivity contribution in [2.24, 2.45) is 15.7 Å². The van der Waals surface area contributed by atoms with E-state index in [0.717, 1.165) is 55.6 Å². The first kappa shape index (κ1) is 20.1. The predicted molar refractivity (Wildman–Crippen MR) is 145 cm³/mol. The van der Waals surface area contributed by atoms with Crippen molar-refractivity contribution >= 4 is 50.0 Å². The molecular formula is C31H23N3. The maximum absolute atomic E-state index is 6.50. The van der Waals surface area contributed by atoms with Gasteiger partial charge in [-0.05, 0) is 35.4 Å². The van der Waals surface area contributed by atoms with E-state index in [-0.39, 0.29) is 0 Å². The van der Waals surface area contributed by atoms with E-state index in [4.69, 9.17) is 15.7 Å². The number of aliphatic imine (C=N–C) groups is 2. The lowest BCUT2D eigenvalue weighted by molar-refractivity contribution is 1.41. The molecule has 0 atom stereocenters. The van der Waals surface area contributed by atoms with E-state index in [0.29, 0.717) is 5.70 Å². The number of rotatable bonds is 2. The third-order valence-corrected chi connectivity index (χ3v) is 6.36. The van der Waals surface area contributed by atoms with Gasteiger partial charge in [-0.2, -0.15) is 0 Å². The number of benzene rings is 5. The van der Waals surface area contributed by atoms with Gasteiger partial charge >= 0.3 is 0 Å². The summed E-state index contributed by atoms with van der Waals surface area (Å²) in [7, 11) is 0. The summed E-state index contributed by atoms with van der Waals surface area (Å²) in [6.45, 7) is 2.10. The zero-order valence-electron chi connectivity index (χ0n) is 18.9. The topological polar surface area (TPSA) is 50.7 Å². The fourth-order valence-corrected chi connectivity index (χ4v) is 4.64. The van der Waals surface area contributed by atoms with Gasteiger partial charge in [-0.15, -0.1) is 0 Å². The molecule has 0 fully saturated rings. The van der Waals surface area contributed by atoms with Gasteiger partial charge < -0.3 is 5.73 Å². The molecule has 0 aromatic heterocycles. The van der Waals surface area contributed by atoms with Crippen LogP contribution in [0.5, 0.6) is 0 Å². The number of nitrogens with two attached hydrogens (primary N) is 1. The van der Waals surface area contributed by atoms with Crippen LogP contribution in [0, 0.1) is 6.92 Å². The lowest BCUT2D eigenvalue weighted by atomic mass is 9.91. The van der Waals surface area contributed by atoms with Gasteiger partial charge in [0.25, 0.3) is 0 Å². The largest absolute Gasteiger partial charge is 0.398 e. The highest BCUT2D eigenvalue weighted by Crippen LogP contribution is 2.33. The van der Waals surface area contributed by atoms with Crippen molar-refractivity contribution in [2.75, 3.05) is 0 Å². The first-order valence-corrected chi connectivity index (χ1v) is 11.4. The SMILES string of the molecule is Cc1ccc2ccccc2c1/N=C1\C(=N\c2cccc3ccccc23)C=C(N)c2ccccc21. The summed E-state index contributed by atoms with van der Waals surface area (Å²) in [5.41, 5.74) is 13.8. The van der Waals surface area contributed by atoms with E-state index >= 15 is 0 Å². The lowest BCUT2D eigenvalue weighted by Crippen LogP contribution is -2.22. The van der Waals surface area contributed by atoms with Gasteiger partial charge in [0, 0.05) is 27.6 Å². The molecule has 1 aliphatic carbocycles. The van der Waals surface area contributed by atoms with Crippen LogP contribution in [0.15, 0.2) is 119 Å². The number of hydrogen-bond donors (Lipinski definition) is 1. The maximum Gasteiger partial charge on any atom is 0.0973 e. The van der Waals surface area contributed by atoms with Crippen molar-refractivity contribution in [1.29, 1.82) is 0 Å². The van der Waals surface area contributed by atoms with Gasteiger partial charge in [-0.25, -0.2) is 9.98 Å². The molecule has 0 heterocycles. The molecule has 0 saturated heterocycles. The van der Waals surface area contributed by atoms with Crippen LogP contribution in [0.1, 0.15) is 16.7 Å². The van der Waals surface area contributed by atoms with Gasteiger partial charge in [0.15, 0.2) is 0 Å². The van der Waals surface area contributed by atoms with E-state index in [2.05, 4.69) is 67.6 Å². The maximum atomic E-state index is 6.50. The van der Waals surface area contributed by atoms with Gasteiger partial charge in [0.05, 0.1) is 22.8 Å². The van der Waals surface area contributed by atoms with E-state index in [1.807, 2.05) is 48.5 Å². The van der Waals surface area contributed by atoms with Gasteiger partial charge in [0.1, 0.15) is 0 Å². The van der Waals surface area contributed by atoms with Crippen LogP contribution in [-0.2, 0) is 0 Å². The van der Waals surface area contributed by atoms with Crippen LogP contribution < -0.4 is 5.73 Å². The number of allylic oxidation sites excluding steroid dienone is 1. The summed E-state index contributed by atoms with van der Waals surface area (Å²) < 4.78 is 0. The Morgan fingerprint density at radius 3 is 2.06 bits per heavy atom. The van der Waals surface area contributed by atoms with Gasteiger partial charge in [0.2, 0.25) is 0 Å². The minimum absolute atomic E-state index is 0.697. The smallest absolute Gasteiger partial charge is 0.0973 e. The van der Waals surface area contributed by atoms with Crippen molar-refractivity contribution < 1.29 is 0 Å². The van der Waals surface area contributed by atoms with Crippen molar-refractivity contribution in [3.63, 3.8) is 0 Å². The van der Waals surface area contributed by atoms with Gasteiger partial charge in [-0.3, -0.25) is 0 Å². The monoisotopic (exact) mass is 437 g/mol. The van der Waals surface area contributed by atoms with Crippen LogP contribution in [0.25, 0.3) is 27.2 Å². The molecule has 3 nitrogen and oxygen atoms in total. The quantitative estimate of drug-likeness (QED) is 0.305. The molecule has 5 aromatic carbocycles. The second-order valence-corrected chi connectivity index (χ2v) is 8.55. The van der Waals surface area contributed by atoms with Crippen molar-refractivity contribution in [3.05, 3.63) is 126 Å². The summed E-state index contributed by atoms with van der Waals surface area (Å²) in [6, 6.07) is 35.3. The molecule has 0 unspecified atom stereocenters. The Balaban J connectivity index is 1.64. The molecule has 162 valence electrons. The van der Waals surface area contributed by atoms with E-state index in [1.54, 1.807) is 0 Å². The molecule has 6 rings (SSSR count). The zero-order chi connectivity index (χ0) is 23.1. The predicted octanol–water partition coefficient (Wildman–Crippen LogP) is 7.51. The Bertz CT molecular complexity index is 1670. The number of aryl methyl sites for hydroxylation is 1. The molecular weight excluding hydrogens is 414 g/mol. The molecule has 1 aliphatic rings. The number of fused-ring (bicyclic) bond motifs is 3. The Kier molecular flexibility index (Phi) is 4.81. The Labute approximate surface area is 198 Å². The summed E-state index contributed by atoms with van der Waals surface area (Å²) in [4.78, 5) is 10.4. The number of hydrogen-bond acceptors (Lipinski definition) is 3. The fourth-order valence-electron chi connectivity index (χ4n) is 4.64. The second-order valence-electron chi connectivity index (χ2n) is 8.55. The van der Waals surface area contributed by atoms with Crippen LogP contribution in [0.2, 0.25) is 0 Å². The highest BCUT2D eigenvalue weighted by molar-refractivity contribution is 6.55. The Hall–Kier alpha value is -4.50. The summed E-state index contributed by atoms with van der Waals surface area (Å²) in [5.74, 6) is 0. The van der Waals surface area contributed by atoms with Crippen molar-refractivity contribution in [2.45, 2.75) is 6.92 Å². The molecule has 0 bridgehead atoms. The summed E-state index contributed by atoms with van der Waals surface area (Å²) >= 11 is 0. The molecule has 0 radical (unpaired) electrons. The molecule has 2 N–H and O–H groups in total. The van der Waals surface area contributed by atoms with Crippen molar-refractivity contribution in [3.8, 4) is 0 Å². The van der Waals surface area contributed by atoms with Crippen LogP contribution >= 0.6 is 0 Å². The third-order valence-electron chi connectivity index (χ3n) is 6.36. The van der Waals surface area contributed by atoms with E-state index in [9.17, 15) is 0 Å². The third kappa shape index (κ3) is 3.39. The highest BCUT2D eigenvalue weighted by atomic mass is 14.8. The molecule has 5 aromatic rings. The minimum atomic E-state index is 0.697. The Morgan fingerprint density at radius 2 is 1.24 bits per heavy atom. The molecule has 34 heavy (non-hydrogen) atoms. The molecule has 0 aliphatic heterocycles. The number of nitrogens with zero attached hydrogens (tertiary/aromatic N) is 2. The van der Waals surface area contributed by atoms with Crippen LogP contribution in [-0.4, -0.2) is 11.4 Å². The standard InChI is InChI=1S/C31H23N3/c1-20-17-18-22-10-3-5-13-24(22)30(20)34-31-26-15-7-6-14-25(26)27(32)19-29(31)33-28-16-8-11-21-9-2-4-12-23(21)28/h2-19H,32H2,1H3/b33-29+,34-31-. The zero-order valence-corrected chi connectivity index (χ0v) is 18.9. The normalized spacial score (nSPS) is 15.6.